The second-order valence-electron chi connectivity index (χ2n) is 4.60. The van der Waals surface area contributed by atoms with Crippen molar-refractivity contribution in [1.82, 2.24) is 0 Å². The average molecular weight is 342 g/mol. The maximum Gasteiger partial charge on any atom is 0.240 e. The lowest BCUT2D eigenvalue weighted by molar-refractivity contribution is -0.118. The molecule has 1 atom stereocenters. The van der Waals surface area contributed by atoms with Crippen LogP contribution in [0.25, 0.3) is 0 Å². The summed E-state index contributed by atoms with van der Waals surface area (Å²) >= 11 is 3.44. The zero-order chi connectivity index (χ0) is 14.5. The van der Waals surface area contributed by atoms with Crippen molar-refractivity contribution in [3.63, 3.8) is 0 Å². The summed E-state index contributed by atoms with van der Waals surface area (Å²) in [6, 6.07) is 5.63. The molecule has 4 nitrogen and oxygen atoms in total. The topological polar surface area (TPSA) is 38.8 Å². The summed E-state index contributed by atoms with van der Waals surface area (Å²) in [7, 11) is 0. The van der Waals surface area contributed by atoms with Crippen LogP contribution in [-0.4, -0.2) is 30.5 Å². The van der Waals surface area contributed by atoms with Gasteiger partial charge in [0.2, 0.25) is 5.91 Å². The second-order valence-corrected chi connectivity index (χ2v) is 5.70. The first-order valence-corrected chi connectivity index (χ1v) is 7.94. The van der Waals surface area contributed by atoms with Gasteiger partial charge in [0.05, 0.1) is 23.7 Å². The molecule has 2 rings (SSSR count). The standard InChI is InChI=1S/C15H20BrNO3/c1-3-19-11-7-8-14(20-4-2)13(10-11)17-9-5-6-12(16)15(17)18/h7-8,10,12H,3-6,9H2,1-2H3. The van der Waals surface area contributed by atoms with Crippen molar-refractivity contribution >= 4 is 27.5 Å². The molecule has 0 spiro atoms. The van der Waals surface area contributed by atoms with Gasteiger partial charge in [0.25, 0.3) is 0 Å². The molecular weight excluding hydrogens is 322 g/mol. The number of alkyl halides is 1. The number of carbonyl (C=O) groups is 1. The Hall–Kier alpha value is -1.23. The summed E-state index contributed by atoms with van der Waals surface area (Å²) in [4.78, 5) is 14.0. The highest BCUT2D eigenvalue weighted by molar-refractivity contribution is 9.10. The zero-order valence-electron chi connectivity index (χ0n) is 11.9. The number of carbonyl (C=O) groups excluding carboxylic acids is 1. The third-order valence-electron chi connectivity index (χ3n) is 3.21. The fraction of sp³-hybridized carbons (Fsp3) is 0.533. The molecule has 0 aromatic heterocycles. The van der Waals surface area contributed by atoms with Gasteiger partial charge in [0.15, 0.2) is 0 Å². The number of halogens is 1. The van der Waals surface area contributed by atoms with Gasteiger partial charge in [-0.2, -0.15) is 0 Å². The van der Waals surface area contributed by atoms with Crippen molar-refractivity contribution in [2.24, 2.45) is 0 Å². The number of benzene rings is 1. The van der Waals surface area contributed by atoms with E-state index in [1.165, 1.54) is 0 Å². The van der Waals surface area contributed by atoms with E-state index in [9.17, 15) is 4.79 Å². The van der Waals surface area contributed by atoms with Gasteiger partial charge in [0.1, 0.15) is 11.5 Å². The molecule has 0 aliphatic carbocycles. The summed E-state index contributed by atoms with van der Waals surface area (Å²) in [5.74, 6) is 1.58. The van der Waals surface area contributed by atoms with Gasteiger partial charge < -0.3 is 14.4 Å². The molecule has 1 aromatic rings. The van der Waals surface area contributed by atoms with Gasteiger partial charge in [-0.15, -0.1) is 0 Å². The SMILES string of the molecule is CCOc1ccc(OCC)c(N2CCCC(Br)C2=O)c1. The van der Waals surface area contributed by atoms with Gasteiger partial charge in [-0.1, -0.05) is 15.9 Å². The van der Waals surface area contributed by atoms with Crippen molar-refractivity contribution < 1.29 is 14.3 Å². The van der Waals surface area contributed by atoms with E-state index in [1.54, 1.807) is 4.90 Å². The van der Waals surface area contributed by atoms with Crippen LogP contribution in [0.15, 0.2) is 18.2 Å². The number of anilines is 1. The minimum Gasteiger partial charge on any atom is -0.494 e. The summed E-state index contributed by atoms with van der Waals surface area (Å²) < 4.78 is 11.2. The average Bonchev–Trinajstić information content (AvgIpc) is 2.44. The van der Waals surface area contributed by atoms with E-state index >= 15 is 0 Å². The molecule has 1 aromatic carbocycles. The van der Waals surface area contributed by atoms with E-state index in [0.29, 0.717) is 13.2 Å². The Morgan fingerprint density at radius 1 is 1.30 bits per heavy atom. The van der Waals surface area contributed by atoms with Crippen molar-refractivity contribution in [3.8, 4) is 11.5 Å². The number of hydrogen-bond acceptors (Lipinski definition) is 3. The molecule has 1 heterocycles. The second kappa shape index (κ2) is 6.97. The van der Waals surface area contributed by atoms with Crippen LogP contribution >= 0.6 is 15.9 Å². The van der Waals surface area contributed by atoms with E-state index in [1.807, 2.05) is 32.0 Å². The van der Waals surface area contributed by atoms with Gasteiger partial charge in [-0.25, -0.2) is 0 Å². The van der Waals surface area contributed by atoms with Gasteiger partial charge in [-0.3, -0.25) is 4.79 Å². The largest absolute Gasteiger partial charge is 0.494 e. The van der Waals surface area contributed by atoms with Crippen molar-refractivity contribution in [2.75, 3.05) is 24.7 Å². The Balaban J connectivity index is 2.35. The number of amides is 1. The molecule has 1 unspecified atom stereocenters. The van der Waals surface area contributed by atoms with Crippen LogP contribution < -0.4 is 14.4 Å². The van der Waals surface area contributed by atoms with Crippen LogP contribution in [0.2, 0.25) is 0 Å². The summed E-state index contributed by atoms with van der Waals surface area (Å²) in [5.41, 5.74) is 0.798. The zero-order valence-corrected chi connectivity index (χ0v) is 13.5. The first-order valence-electron chi connectivity index (χ1n) is 7.02. The summed E-state index contributed by atoms with van der Waals surface area (Å²) in [6.45, 7) is 5.77. The van der Waals surface area contributed by atoms with Crippen LogP contribution in [-0.2, 0) is 4.79 Å². The molecule has 5 heteroatoms. The van der Waals surface area contributed by atoms with Crippen molar-refractivity contribution in [3.05, 3.63) is 18.2 Å². The van der Waals surface area contributed by atoms with E-state index in [0.717, 1.165) is 36.6 Å². The van der Waals surface area contributed by atoms with Gasteiger partial charge in [-0.05, 0) is 38.8 Å². The van der Waals surface area contributed by atoms with Crippen LogP contribution in [0.3, 0.4) is 0 Å². The van der Waals surface area contributed by atoms with E-state index in [2.05, 4.69) is 15.9 Å². The monoisotopic (exact) mass is 341 g/mol. The summed E-state index contributed by atoms with van der Waals surface area (Å²) in [6.07, 6.45) is 1.86. The molecular formula is C15H20BrNO3. The number of ether oxygens (including phenoxy) is 2. The lowest BCUT2D eigenvalue weighted by atomic mass is 10.1. The molecule has 1 amide bonds. The highest BCUT2D eigenvalue weighted by atomic mass is 79.9. The van der Waals surface area contributed by atoms with Gasteiger partial charge in [0, 0.05) is 12.6 Å². The minimum absolute atomic E-state index is 0.0888. The highest BCUT2D eigenvalue weighted by Gasteiger charge is 2.29. The molecule has 110 valence electrons. The maximum atomic E-state index is 12.3. The Labute approximate surface area is 128 Å². The molecule has 0 saturated carbocycles. The molecule has 1 aliphatic rings. The molecule has 20 heavy (non-hydrogen) atoms. The Bertz CT molecular complexity index is 478. The molecule has 1 fully saturated rings. The first kappa shape index (κ1) is 15.2. The normalized spacial score (nSPS) is 19.1. The quantitative estimate of drug-likeness (QED) is 0.770. The molecule has 1 aliphatic heterocycles. The van der Waals surface area contributed by atoms with Crippen molar-refractivity contribution in [2.45, 2.75) is 31.5 Å². The van der Waals surface area contributed by atoms with Gasteiger partial charge >= 0.3 is 0 Å². The fourth-order valence-corrected chi connectivity index (χ4v) is 2.88. The summed E-state index contributed by atoms with van der Waals surface area (Å²) in [5, 5.41) is 0. The fourth-order valence-electron chi connectivity index (χ4n) is 2.31. The number of piperidine rings is 1. The number of hydrogen-bond donors (Lipinski definition) is 0. The molecule has 0 bridgehead atoms. The molecule has 0 radical (unpaired) electrons. The lowest BCUT2D eigenvalue weighted by Gasteiger charge is -2.31. The van der Waals surface area contributed by atoms with Crippen LogP contribution in [0, 0.1) is 0 Å². The van der Waals surface area contributed by atoms with Crippen LogP contribution in [0.5, 0.6) is 11.5 Å². The number of nitrogens with zero attached hydrogens (tertiary/aromatic N) is 1. The number of rotatable bonds is 5. The molecule has 0 N–H and O–H groups in total. The Morgan fingerprint density at radius 3 is 2.75 bits per heavy atom. The Morgan fingerprint density at radius 2 is 2.05 bits per heavy atom. The van der Waals surface area contributed by atoms with E-state index < -0.39 is 0 Å². The highest BCUT2D eigenvalue weighted by Crippen LogP contribution is 2.35. The maximum absolute atomic E-state index is 12.3. The third-order valence-corrected chi connectivity index (χ3v) is 4.05. The van der Waals surface area contributed by atoms with Crippen LogP contribution in [0.1, 0.15) is 26.7 Å². The third kappa shape index (κ3) is 3.26. The molecule has 1 saturated heterocycles. The van der Waals surface area contributed by atoms with Crippen molar-refractivity contribution in [1.29, 1.82) is 0 Å². The first-order chi connectivity index (χ1) is 9.67. The van der Waals surface area contributed by atoms with E-state index in [-0.39, 0.29) is 10.7 Å². The minimum atomic E-state index is -0.110. The van der Waals surface area contributed by atoms with E-state index in [4.69, 9.17) is 9.47 Å². The smallest absolute Gasteiger partial charge is 0.240 e. The predicted octanol–water partition coefficient (Wildman–Crippen LogP) is 3.37. The lowest BCUT2D eigenvalue weighted by Crippen LogP contribution is -2.42. The Kier molecular flexibility index (Phi) is 5.29. The van der Waals surface area contributed by atoms with Crippen LogP contribution in [0.4, 0.5) is 5.69 Å². The predicted molar refractivity (Wildman–Crippen MR) is 83.1 cm³/mol.